The van der Waals surface area contributed by atoms with E-state index in [1.165, 1.54) is 0 Å². The molecule has 1 heterocycles. The molecule has 0 saturated carbocycles. The molecule has 4 rings (SSSR count). The van der Waals surface area contributed by atoms with Gasteiger partial charge in [-0.25, -0.2) is 4.84 Å². The molecule has 0 radical (unpaired) electrons. The van der Waals surface area contributed by atoms with E-state index in [1.807, 2.05) is 143 Å². The number of allylic oxidation sites excluding steroid dienone is 4. The molecule has 198 valence electrons. The molecule has 0 aromatic heterocycles. The molecule has 1 fully saturated rings. The summed E-state index contributed by atoms with van der Waals surface area (Å²) in [6, 6.07) is 29.1. The van der Waals surface area contributed by atoms with Crippen LogP contribution in [0.25, 0.3) is 0 Å². The maximum atomic E-state index is 14.6. The summed E-state index contributed by atoms with van der Waals surface area (Å²) >= 11 is 0. The highest BCUT2D eigenvalue weighted by Crippen LogP contribution is 2.55. The van der Waals surface area contributed by atoms with Gasteiger partial charge in [0.1, 0.15) is 10.8 Å². The van der Waals surface area contributed by atoms with E-state index in [2.05, 4.69) is 0 Å². The van der Waals surface area contributed by atoms with E-state index >= 15 is 0 Å². The van der Waals surface area contributed by atoms with Crippen molar-refractivity contribution in [2.45, 2.75) is 33.3 Å². The molecular formula is C35H35NO3. The first kappa shape index (κ1) is 27.7. The van der Waals surface area contributed by atoms with E-state index in [0.29, 0.717) is 0 Å². The maximum absolute atomic E-state index is 14.6. The van der Waals surface area contributed by atoms with Crippen LogP contribution in [0.15, 0.2) is 140 Å². The molecule has 4 nitrogen and oxygen atoms in total. The SMILES string of the molecule is CC=CC1(C=CC)C(=O)N(OC(c2ccccc2)(c2ccccc2)c2ccccc2)C(=O)C1(C=CC)C=CC. The summed E-state index contributed by atoms with van der Waals surface area (Å²) in [5.74, 6) is -0.904. The number of benzene rings is 3. The first-order chi connectivity index (χ1) is 19.0. The zero-order chi connectivity index (χ0) is 27.9. The topological polar surface area (TPSA) is 46.6 Å². The van der Waals surface area contributed by atoms with E-state index in [-0.39, 0.29) is 0 Å². The molecular weight excluding hydrogens is 482 g/mol. The Bertz CT molecular complexity index is 1240. The van der Waals surface area contributed by atoms with Gasteiger partial charge in [-0.2, -0.15) is 0 Å². The highest BCUT2D eigenvalue weighted by molar-refractivity contribution is 6.13. The molecule has 3 aromatic rings. The molecule has 0 aliphatic carbocycles. The van der Waals surface area contributed by atoms with Crippen molar-refractivity contribution in [3.8, 4) is 0 Å². The number of carbonyl (C=O) groups excluding carboxylic acids is 2. The number of rotatable bonds is 9. The molecule has 0 atom stereocenters. The first-order valence-electron chi connectivity index (χ1n) is 13.3. The van der Waals surface area contributed by atoms with Crippen molar-refractivity contribution in [2.75, 3.05) is 0 Å². The molecule has 1 saturated heterocycles. The quantitative estimate of drug-likeness (QED) is 0.167. The summed E-state index contributed by atoms with van der Waals surface area (Å²) < 4.78 is 0. The Hall–Kier alpha value is -4.28. The van der Waals surface area contributed by atoms with Crippen LogP contribution in [0.5, 0.6) is 0 Å². The summed E-state index contributed by atoms with van der Waals surface area (Å²) in [5, 5.41) is 0.993. The Morgan fingerprint density at radius 3 is 1.08 bits per heavy atom. The average Bonchev–Trinajstić information content (AvgIpc) is 3.12. The van der Waals surface area contributed by atoms with E-state index in [1.54, 1.807) is 24.3 Å². The van der Waals surface area contributed by atoms with Gasteiger partial charge in [0.2, 0.25) is 0 Å². The number of hydrogen-bond acceptors (Lipinski definition) is 3. The molecule has 39 heavy (non-hydrogen) atoms. The lowest BCUT2D eigenvalue weighted by atomic mass is 9.63. The third-order valence-electron chi connectivity index (χ3n) is 7.25. The number of amides is 2. The number of hydrogen-bond donors (Lipinski definition) is 0. The van der Waals surface area contributed by atoms with Crippen LogP contribution in [0.2, 0.25) is 0 Å². The lowest BCUT2D eigenvalue weighted by Gasteiger charge is -2.37. The van der Waals surface area contributed by atoms with Gasteiger partial charge in [0.15, 0.2) is 5.60 Å². The van der Waals surface area contributed by atoms with Crippen LogP contribution in [0.4, 0.5) is 0 Å². The normalized spacial score (nSPS) is 22.3. The van der Waals surface area contributed by atoms with Gasteiger partial charge >= 0.3 is 0 Å². The Labute approximate surface area is 231 Å². The van der Waals surface area contributed by atoms with Gasteiger partial charge in [0, 0.05) is 0 Å². The van der Waals surface area contributed by atoms with Crippen LogP contribution in [0, 0.1) is 10.8 Å². The number of hydroxylamine groups is 2. The van der Waals surface area contributed by atoms with Crippen LogP contribution >= 0.6 is 0 Å². The Morgan fingerprint density at radius 2 is 0.821 bits per heavy atom. The predicted molar refractivity (Wildman–Crippen MR) is 156 cm³/mol. The second-order valence-corrected chi connectivity index (χ2v) is 9.51. The predicted octanol–water partition coefficient (Wildman–Crippen LogP) is 7.56. The Morgan fingerprint density at radius 1 is 0.538 bits per heavy atom. The van der Waals surface area contributed by atoms with Crippen molar-refractivity contribution in [3.05, 3.63) is 156 Å². The van der Waals surface area contributed by atoms with Crippen LogP contribution in [0.1, 0.15) is 44.4 Å². The monoisotopic (exact) mass is 517 g/mol. The van der Waals surface area contributed by atoms with Crippen molar-refractivity contribution in [3.63, 3.8) is 0 Å². The lowest BCUT2D eigenvalue weighted by molar-refractivity contribution is -0.217. The van der Waals surface area contributed by atoms with Crippen molar-refractivity contribution < 1.29 is 14.4 Å². The zero-order valence-electron chi connectivity index (χ0n) is 23.0. The Kier molecular flexibility index (Phi) is 8.27. The van der Waals surface area contributed by atoms with Crippen LogP contribution in [0.3, 0.4) is 0 Å². The molecule has 2 amide bonds. The van der Waals surface area contributed by atoms with Crippen LogP contribution < -0.4 is 0 Å². The van der Waals surface area contributed by atoms with Gasteiger partial charge in [-0.1, -0.05) is 140 Å². The van der Waals surface area contributed by atoms with Gasteiger partial charge in [0.25, 0.3) is 11.8 Å². The molecule has 1 aliphatic heterocycles. The van der Waals surface area contributed by atoms with Crippen molar-refractivity contribution in [2.24, 2.45) is 10.8 Å². The smallest absolute Gasteiger partial charge is 0.269 e. The maximum Gasteiger partial charge on any atom is 0.269 e. The summed E-state index contributed by atoms with van der Waals surface area (Å²) in [6.07, 6.45) is 14.4. The minimum atomic E-state index is -1.30. The molecule has 0 bridgehead atoms. The second kappa shape index (κ2) is 11.6. The highest BCUT2D eigenvalue weighted by Gasteiger charge is 2.66. The van der Waals surface area contributed by atoms with Gasteiger partial charge in [-0.3, -0.25) is 9.59 Å². The van der Waals surface area contributed by atoms with E-state index in [4.69, 9.17) is 4.84 Å². The molecule has 4 heteroatoms. The first-order valence-corrected chi connectivity index (χ1v) is 13.3. The zero-order valence-corrected chi connectivity index (χ0v) is 23.0. The van der Waals surface area contributed by atoms with E-state index in [9.17, 15) is 9.59 Å². The summed E-state index contributed by atoms with van der Waals surface area (Å²) in [7, 11) is 0. The van der Waals surface area contributed by atoms with Crippen molar-refractivity contribution >= 4 is 11.8 Å². The Balaban J connectivity index is 2.06. The largest absolute Gasteiger partial charge is 0.271 e. The molecule has 0 unspecified atom stereocenters. The average molecular weight is 518 g/mol. The van der Waals surface area contributed by atoms with E-state index in [0.717, 1.165) is 21.8 Å². The van der Waals surface area contributed by atoms with Gasteiger partial charge in [-0.05, 0) is 44.4 Å². The van der Waals surface area contributed by atoms with Gasteiger partial charge in [-0.15, -0.1) is 5.06 Å². The third kappa shape index (κ3) is 4.41. The summed E-state index contributed by atoms with van der Waals surface area (Å²) in [6.45, 7) is 7.41. The number of imide groups is 1. The molecule has 1 aliphatic rings. The highest BCUT2D eigenvalue weighted by atomic mass is 16.7. The second-order valence-electron chi connectivity index (χ2n) is 9.51. The fraction of sp³-hybridized carbons (Fsp3) is 0.200. The fourth-order valence-electron chi connectivity index (χ4n) is 5.68. The minimum absolute atomic E-state index is 0.452. The molecule has 0 spiro atoms. The lowest BCUT2D eigenvalue weighted by Crippen LogP contribution is -2.44. The summed E-state index contributed by atoms with van der Waals surface area (Å²) in [4.78, 5) is 36.0. The standard InChI is InChI=1S/C35H35NO3/c1-5-24-33(25-6-2)31(37)36(32(38)34(33,26-7-3)27-8-4)39-35(28-18-12-9-13-19-28,29-20-14-10-15-21-29)30-22-16-11-17-23-30/h5-27H,1-4H3. The van der Waals surface area contributed by atoms with Crippen LogP contribution in [-0.2, 0) is 20.0 Å². The van der Waals surface area contributed by atoms with Gasteiger partial charge < -0.3 is 0 Å². The van der Waals surface area contributed by atoms with Crippen LogP contribution in [-0.4, -0.2) is 16.9 Å². The molecule has 3 aromatic carbocycles. The number of nitrogens with zero attached hydrogens (tertiary/aromatic N) is 1. The summed E-state index contributed by atoms with van der Waals surface area (Å²) in [5.41, 5.74) is -1.51. The van der Waals surface area contributed by atoms with Crippen molar-refractivity contribution in [1.82, 2.24) is 5.06 Å². The van der Waals surface area contributed by atoms with Gasteiger partial charge in [0.05, 0.1) is 0 Å². The minimum Gasteiger partial charge on any atom is -0.271 e. The van der Waals surface area contributed by atoms with E-state index < -0.39 is 28.2 Å². The molecule has 0 N–H and O–H groups in total. The third-order valence-corrected chi connectivity index (χ3v) is 7.25. The van der Waals surface area contributed by atoms with Crippen molar-refractivity contribution in [1.29, 1.82) is 0 Å². The fourth-order valence-corrected chi connectivity index (χ4v) is 5.68. The number of carbonyl (C=O) groups is 2.